The Labute approximate surface area is 171 Å². The van der Waals surface area contributed by atoms with E-state index in [-0.39, 0.29) is 17.1 Å². The predicted octanol–water partition coefficient (Wildman–Crippen LogP) is 6.16. The van der Waals surface area contributed by atoms with Crippen LogP contribution in [-0.4, -0.2) is 22.8 Å². The molecule has 2 fully saturated rings. The molecule has 0 unspecified atom stereocenters. The van der Waals surface area contributed by atoms with E-state index in [1.807, 2.05) is 0 Å². The topological polar surface area (TPSA) is 55.8 Å². The highest BCUT2D eigenvalue weighted by Crippen LogP contribution is 2.58. The lowest BCUT2D eigenvalue weighted by molar-refractivity contribution is -0.411. The monoisotopic (exact) mass is 392 g/mol. The molecule has 4 heteroatoms. The van der Waals surface area contributed by atoms with Gasteiger partial charge in [0.2, 0.25) is 0 Å². The van der Waals surface area contributed by atoms with Gasteiger partial charge >= 0.3 is 5.97 Å². The van der Waals surface area contributed by atoms with Crippen LogP contribution in [0.5, 0.6) is 0 Å². The van der Waals surface area contributed by atoms with Gasteiger partial charge in [-0.15, -0.1) is 0 Å². The minimum Gasteiger partial charge on any atom is -0.481 e. The number of aliphatic carboxylic acids is 1. The largest absolute Gasteiger partial charge is 0.481 e. The molecule has 28 heavy (non-hydrogen) atoms. The lowest BCUT2D eigenvalue weighted by atomic mass is 9.52. The molecule has 2 aliphatic carbocycles. The molecule has 0 bridgehead atoms. The Morgan fingerprint density at radius 2 is 1.89 bits per heavy atom. The smallest absolute Gasteiger partial charge is 0.308 e. The van der Waals surface area contributed by atoms with E-state index in [4.69, 9.17) is 9.78 Å². The Morgan fingerprint density at radius 3 is 2.50 bits per heavy atom. The van der Waals surface area contributed by atoms with Gasteiger partial charge in [-0.1, -0.05) is 39.3 Å². The molecule has 3 rings (SSSR count). The van der Waals surface area contributed by atoms with Crippen LogP contribution in [0.25, 0.3) is 0 Å². The first-order chi connectivity index (χ1) is 13.0. The number of hydrogen-bond donors (Lipinski definition) is 1. The molecule has 0 amide bonds. The third kappa shape index (κ3) is 4.05. The molecule has 0 radical (unpaired) electrons. The third-order valence-electron chi connectivity index (χ3n) is 8.56. The van der Waals surface area contributed by atoms with E-state index >= 15 is 0 Å². The van der Waals surface area contributed by atoms with Crippen LogP contribution in [0.1, 0.15) is 92.9 Å². The van der Waals surface area contributed by atoms with Crippen LogP contribution in [-0.2, 0) is 14.6 Å². The van der Waals surface area contributed by atoms with Gasteiger partial charge in [-0.3, -0.25) is 4.79 Å². The summed E-state index contributed by atoms with van der Waals surface area (Å²) >= 11 is 0. The summed E-state index contributed by atoms with van der Waals surface area (Å²) in [7, 11) is 0. The van der Waals surface area contributed by atoms with E-state index in [2.05, 4.69) is 40.7 Å². The van der Waals surface area contributed by atoms with Crippen molar-refractivity contribution in [2.24, 2.45) is 28.6 Å². The van der Waals surface area contributed by atoms with Gasteiger partial charge in [0.05, 0.1) is 5.92 Å². The fraction of sp³-hybridized carbons (Fsp3) is 0.875. The van der Waals surface area contributed by atoms with Crippen molar-refractivity contribution in [3.05, 3.63) is 11.6 Å². The zero-order valence-electron chi connectivity index (χ0n) is 18.7. The van der Waals surface area contributed by atoms with Crippen molar-refractivity contribution < 1.29 is 19.7 Å². The highest BCUT2D eigenvalue weighted by Gasteiger charge is 2.49. The van der Waals surface area contributed by atoms with E-state index in [0.717, 1.165) is 25.7 Å². The zero-order valence-corrected chi connectivity index (χ0v) is 18.7. The van der Waals surface area contributed by atoms with Crippen LogP contribution in [0.15, 0.2) is 11.6 Å². The van der Waals surface area contributed by atoms with Gasteiger partial charge in [0, 0.05) is 0 Å². The lowest BCUT2D eigenvalue weighted by Crippen LogP contribution is -2.45. The van der Waals surface area contributed by atoms with Gasteiger partial charge in [0.1, 0.15) is 11.7 Å². The first-order valence-corrected chi connectivity index (χ1v) is 11.3. The number of allylic oxidation sites excluding steroid dienone is 2. The molecule has 1 saturated carbocycles. The summed E-state index contributed by atoms with van der Waals surface area (Å²) in [5, 5.41) is 9.21. The molecule has 0 aromatic heterocycles. The molecule has 0 aromatic carbocycles. The number of fused-ring (bicyclic) bond motifs is 1. The van der Waals surface area contributed by atoms with Crippen molar-refractivity contribution in [1.82, 2.24) is 0 Å². The molecule has 160 valence electrons. The van der Waals surface area contributed by atoms with Gasteiger partial charge in [0.25, 0.3) is 0 Å². The first-order valence-electron chi connectivity index (χ1n) is 11.3. The average Bonchev–Trinajstić information content (AvgIpc) is 2.63. The van der Waals surface area contributed by atoms with Crippen LogP contribution in [0, 0.1) is 28.6 Å². The average molecular weight is 393 g/mol. The van der Waals surface area contributed by atoms with Crippen molar-refractivity contribution in [2.75, 3.05) is 0 Å². The SMILES string of the molecule is C[C@H](C(=O)O)[C@H]1CC[C@@](C)(CC[C@@]2(C)C3=CCCC(C)(C)[C@@H]3CC[C@H]2C)OO1. The number of hydrogen-bond acceptors (Lipinski definition) is 3. The Hall–Kier alpha value is -0.870. The van der Waals surface area contributed by atoms with E-state index in [0.29, 0.717) is 17.3 Å². The summed E-state index contributed by atoms with van der Waals surface area (Å²) < 4.78 is 0. The number of carbonyl (C=O) groups is 1. The Bertz CT molecular complexity index is 614. The maximum atomic E-state index is 11.2. The molecule has 4 nitrogen and oxygen atoms in total. The van der Waals surface area contributed by atoms with E-state index in [9.17, 15) is 9.90 Å². The van der Waals surface area contributed by atoms with Crippen molar-refractivity contribution in [3.63, 3.8) is 0 Å². The van der Waals surface area contributed by atoms with Crippen molar-refractivity contribution in [1.29, 1.82) is 0 Å². The van der Waals surface area contributed by atoms with Crippen molar-refractivity contribution >= 4 is 5.97 Å². The Morgan fingerprint density at radius 1 is 1.18 bits per heavy atom. The molecule has 6 atom stereocenters. The molecular formula is C24H40O4. The lowest BCUT2D eigenvalue weighted by Gasteiger charge is -2.53. The fourth-order valence-corrected chi connectivity index (χ4v) is 5.82. The molecule has 0 spiro atoms. The third-order valence-corrected chi connectivity index (χ3v) is 8.56. The summed E-state index contributed by atoms with van der Waals surface area (Å²) in [6.45, 7) is 13.6. The maximum absolute atomic E-state index is 11.2. The van der Waals surface area contributed by atoms with Crippen LogP contribution in [0.4, 0.5) is 0 Å². The second kappa shape index (κ2) is 7.75. The molecule has 1 heterocycles. The summed E-state index contributed by atoms with van der Waals surface area (Å²) in [5.74, 6) is 0.0332. The molecule has 0 aromatic rings. The molecular weight excluding hydrogens is 352 g/mol. The van der Waals surface area contributed by atoms with Crippen LogP contribution < -0.4 is 0 Å². The molecule has 3 aliphatic rings. The number of rotatable bonds is 5. The summed E-state index contributed by atoms with van der Waals surface area (Å²) in [6.07, 6.45) is 11.0. The zero-order chi connectivity index (χ0) is 20.7. The van der Waals surface area contributed by atoms with Gasteiger partial charge in [0.15, 0.2) is 0 Å². The maximum Gasteiger partial charge on any atom is 0.308 e. The second-order valence-corrected chi connectivity index (χ2v) is 11.0. The van der Waals surface area contributed by atoms with Crippen LogP contribution >= 0.6 is 0 Å². The Balaban J connectivity index is 1.67. The van der Waals surface area contributed by atoms with Crippen LogP contribution in [0.3, 0.4) is 0 Å². The highest BCUT2D eigenvalue weighted by molar-refractivity contribution is 5.70. The van der Waals surface area contributed by atoms with E-state index < -0.39 is 11.9 Å². The van der Waals surface area contributed by atoms with E-state index in [1.165, 1.54) is 25.7 Å². The highest BCUT2D eigenvalue weighted by atomic mass is 17.2. The molecule has 1 N–H and O–H groups in total. The predicted molar refractivity (Wildman–Crippen MR) is 111 cm³/mol. The molecule has 1 saturated heterocycles. The van der Waals surface area contributed by atoms with Gasteiger partial charge < -0.3 is 5.11 Å². The number of carboxylic acids is 1. The quantitative estimate of drug-likeness (QED) is 0.450. The van der Waals surface area contributed by atoms with E-state index in [1.54, 1.807) is 12.5 Å². The van der Waals surface area contributed by atoms with Crippen molar-refractivity contribution in [2.45, 2.75) is 105 Å². The number of carboxylic acid groups (broad SMARTS) is 1. The van der Waals surface area contributed by atoms with Crippen LogP contribution in [0.2, 0.25) is 0 Å². The second-order valence-electron chi connectivity index (χ2n) is 11.0. The summed E-state index contributed by atoms with van der Waals surface area (Å²) in [6, 6.07) is 0. The molecule has 1 aliphatic heterocycles. The fourth-order valence-electron chi connectivity index (χ4n) is 5.82. The van der Waals surface area contributed by atoms with Gasteiger partial charge in [-0.05, 0) is 87.9 Å². The Kier molecular flexibility index (Phi) is 6.05. The van der Waals surface area contributed by atoms with Gasteiger partial charge in [-0.25, -0.2) is 9.78 Å². The summed E-state index contributed by atoms with van der Waals surface area (Å²) in [4.78, 5) is 22.6. The van der Waals surface area contributed by atoms with Gasteiger partial charge in [-0.2, -0.15) is 0 Å². The normalized spacial score (nSPS) is 41.6. The minimum absolute atomic E-state index is 0.220. The first kappa shape index (κ1) is 21.8. The minimum atomic E-state index is -0.821. The standard InChI is InChI=1S/C24H40O4/c1-16-9-10-18-19(8-7-12-22(18,3)4)24(16,6)15-14-23(5)13-11-20(27-28-23)17(2)21(25)26/h8,16-18,20H,7,9-15H2,1-6H3,(H,25,26)/t16-,17+,18-,20-,23+,24-/m1/s1. The van der Waals surface area contributed by atoms with Crippen molar-refractivity contribution in [3.8, 4) is 0 Å². The summed E-state index contributed by atoms with van der Waals surface area (Å²) in [5.41, 5.74) is 1.99.